The molecular weight excluding hydrogens is 736 g/mol. The largest absolute Gasteiger partial charge is 1.00 e. The Morgan fingerprint density at radius 3 is 1.59 bits per heavy atom. The fourth-order valence-electron chi connectivity index (χ4n) is 7.18. The van der Waals surface area contributed by atoms with E-state index < -0.39 is 35.0 Å². The van der Waals surface area contributed by atoms with Gasteiger partial charge in [-0.05, 0) is 0 Å². The van der Waals surface area contributed by atoms with Crippen LogP contribution in [-0.4, -0.2) is 0 Å². The molecule has 0 nitrogen and oxygen atoms in total. The van der Waals surface area contributed by atoms with Gasteiger partial charge in [-0.25, -0.2) is 0 Å². The van der Waals surface area contributed by atoms with E-state index in [1.54, 1.807) is 6.07 Å². The van der Waals surface area contributed by atoms with E-state index in [0.717, 1.165) is 22.3 Å². The Morgan fingerprint density at radius 1 is 0.612 bits per heavy atom. The molecule has 0 fully saturated rings. The molecule has 4 aromatic rings. The number of alkyl halides is 3. The van der Waals surface area contributed by atoms with Crippen molar-refractivity contribution in [2.45, 2.75) is 86.6 Å². The summed E-state index contributed by atoms with van der Waals surface area (Å²) in [7, 11) is 0. The molecule has 6 rings (SSSR count). The molecule has 2 aliphatic rings. The first-order chi connectivity index (χ1) is 21.9. The van der Waals surface area contributed by atoms with Crippen molar-refractivity contribution in [2.75, 3.05) is 0 Å². The van der Waals surface area contributed by atoms with Crippen LogP contribution in [0.5, 0.6) is 0 Å². The SMILES string of the molecule is CC1=Cc2c(-c3ccc(C(C)(C)C)cc3)ccc(C(F)(F)F)c2[CH]1[Zr+2][CH]1C(C(C)C)=Cc2c(-c3ccc(C(C)(C)C)cc3)cccc21.[Cl-].[Cl-]. The average molecular weight is 781 g/mol. The molecule has 0 saturated heterocycles. The maximum Gasteiger partial charge on any atom is -1.00 e. The number of allylic oxidation sites excluding steroid dienone is 2. The van der Waals surface area contributed by atoms with Crippen molar-refractivity contribution in [2.24, 2.45) is 5.92 Å². The van der Waals surface area contributed by atoms with E-state index in [1.807, 2.05) is 0 Å². The number of hydrogen-bond donors (Lipinski definition) is 0. The van der Waals surface area contributed by atoms with Crippen LogP contribution in [0.15, 0.2) is 90.0 Å². The molecule has 0 aromatic heterocycles. The van der Waals surface area contributed by atoms with E-state index in [0.29, 0.717) is 11.5 Å². The molecule has 2 atom stereocenters. The van der Waals surface area contributed by atoms with Gasteiger partial charge in [0.15, 0.2) is 0 Å². The van der Waals surface area contributed by atoms with Crippen molar-refractivity contribution in [3.05, 3.63) is 129 Å². The van der Waals surface area contributed by atoms with Crippen molar-refractivity contribution >= 4 is 12.2 Å². The summed E-state index contributed by atoms with van der Waals surface area (Å²) in [5, 5.41) is 0. The first kappa shape index (κ1) is 39.4. The third-order valence-corrected chi connectivity index (χ3v) is 15.0. The Hall–Kier alpha value is -2.39. The van der Waals surface area contributed by atoms with Gasteiger partial charge in [0.25, 0.3) is 0 Å². The van der Waals surface area contributed by atoms with Gasteiger partial charge in [0.05, 0.1) is 0 Å². The van der Waals surface area contributed by atoms with Crippen LogP contribution in [-0.2, 0) is 40.2 Å². The van der Waals surface area contributed by atoms with Crippen LogP contribution in [0.1, 0.15) is 109 Å². The van der Waals surface area contributed by atoms with Crippen LogP contribution >= 0.6 is 0 Å². The predicted molar refractivity (Wildman–Crippen MR) is 188 cm³/mol. The van der Waals surface area contributed by atoms with Crippen LogP contribution in [0.3, 0.4) is 0 Å². The molecular formula is C43H45Cl2F3Zr. The van der Waals surface area contributed by atoms with Crippen LogP contribution in [0, 0.1) is 5.92 Å². The van der Waals surface area contributed by atoms with E-state index in [2.05, 4.69) is 141 Å². The van der Waals surface area contributed by atoms with Gasteiger partial charge in [-0.3, -0.25) is 0 Å². The third kappa shape index (κ3) is 7.63. The molecule has 0 saturated carbocycles. The number of fused-ring (bicyclic) bond motifs is 2. The Morgan fingerprint density at radius 2 is 1.12 bits per heavy atom. The van der Waals surface area contributed by atoms with E-state index in [9.17, 15) is 13.2 Å². The zero-order valence-electron chi connectivity index (χ0n) is 29.8. The molecule has 4 aromatic carbocycles. The summed E-state index contributed by atoms with van der Waals surface area (Å²) >= 11 is -1.54. The molecule has 0 bridgehead atoms. The fourth-order valence-corrected chi connectivity index (χ4v) is 12.6. The second-order valence-electron chi connectivity index (χ2n) is 15.7. The molecule has 0 amide bonds. The molecule has 0 N–H and O–H groups in total. The van der Waals surface area contributed by atoms with E-state index in [4.69, 9.17) is 0 Å². The fraction of sp³-hybridized carbons (Fsp3) is 0.349. The van der Waals surface area contributed by atoms with Gasteiger partial charge in [-0.2, -0.15) is 0 Å². The van der Waals surface area contributed by atoms with Crippen LogP contribution in [0.2, 0.25) is 0 Å². The van der Waals surface area contributed by atoms with Crippen LogP contribution in [0.25, 0.3) is 34.4 Å². The zero-order chi connectivity index (χ0) is 34.1. The maximum absolute atomic E-state index is 14.7. The van der Waals surface area contributed by atoms with Crippen molar-refractivity contribution in [1.82, 2.24) is 0 Å². The smallest absolute Gasteiger partial charge is 1.00 e. The van der Waals surface area contributed by atoms with E-state index >= 15 is 0 Å². The van der Waals surface area contributed by atoms with Crippen LogP contribution in [0.4, 0.5) is 13.2 Å². The monoisotopic (exact) mass is 778 g/mol. The molecule has 0 radical (unpaired) electrons. The normalized spacial score (nSPS) is 17.0. The predicted octanol–water partition coefficient (Wildman–Crippen LogP) is 6.98. The first-order valence-corrected chi connectivity index (χ1v) is 19.5. The van der Waals surface area contributed by atoms with Crippen molar-refractivity contribution in [3.8, 4) is 22.3 Å². The topological polar surface area (TPSA) is 0 Å². The summed E-state index contributed by atoms with van der Waals surface area (Å²) in [6.45, 7) is 19.7. The summed E-state index contributed by atoms with van der Waals surface area (Å²) in [4.78, 5) is 0. The number of benzene rings is 4. The van der Waals surface area contributed by atoms with E-state index in [1.165, 1.54) is 45.0 Å². The quantitative estimate of drug-likeness (QED) is 0.205. The van der Waals surface area contributed by atoms with Gasteiger partial charge in [-0.1, -0.05) is 0 Å². The number of rotatable bonds is 5. The van der Waals surface area contributed by atoms with Gasteiger partial charge < -0.3 is 24.8 Å². The van der Waals surface area contributed by atoms with Crippen molar-refractivity contribution in [1.29, 1.82) is 0 Å². The first-order valence-electron chi connectivity index (χ1n) is 16.7. The minimum absolute atomic E-state index is 0. The van der Waals surface area contributed by atoms with Crippen molar-refractivity contribution < 1.29 is 61.2 Å². The number of hydrogen-bond acceptors (Lipinski definition) is 0. The maximum atomic E-state index is 14.7. The molecule has 49 heavy (non-hydrogen) atoms. The van der Waals surface area contributed by atoms with Gasteiger partial charge in [0.1, 0.15) is 0 Å². The Balaban J connectivity index is 0.00000270. The summed E-state index contributed by atoms with van der Waals surface area (Å²) in [5.41, 5.74) is 12.6. The van der Waals surface area contributed by atoms with Gasteiger partial charge >= 0.3 is 292 Å². The zero-order valence-corrected chi connectivity index (χ0v) is 33.8. The minimum atomic E-state index is -4.41. The van der Waals surface area contributed by atoms with Gasteiger partial charge in [-0.15, -0.1) is 0 Å². The summed E-state index contributed by atoms with van der Waals surface area (Å²) in [5.74, 6) is 0.310. The summed E-state index contributed by atoms with van der Waals surface area (Å²) in [6, 6.07) is 26.8. The summed E-state index contributed by atoms with van der Waals surface area (Å²) < 4.78 is 44.3. The minimum Gasteiger partial charge on any atom is -1.00 e. The van der Waals surface area contributed by atoms with Gasteiger partial charge in [0, 0.05) is 0 Å². The molecule has 2 aliphatic carbocycles. The molecule has 0 heterocycles. The Labute approximate surface area is 315 Å². The van der Waals surface area contributed by atoms with Gasteiger partial charge in [0.2, 0.25) is 0 Å². The molecule has 6 heteroatoms. The molecule has 256 valence electrons. The van der Waals surface area contributed by atoms with E-state index in [-0.39, 0.29) is 42.9 Å². The second kappa shape index (κ2) is 14.3. The standard InChI is InChI=1S/C22H25.C21H20F3.2ClH.Zr/c1-15(2)18-13-17-7-6-8-20(21(17)14-18)16-9-11-19(12-10-16)22(3,4)5;1-13-11-17-16(9-10-19(18(17)12-13)21(22,23)24)14-5-7-15(8-6-14)20(2,3)4;;;/h6-15H,1-5H3;5-12H,1-4H3;2*1H;/q;;;;+2/p-2. The Bertz CT molecular complexity index is 1880. The summed E-state index contributed by atoms with van der Waals surface area (Å²) in [6.07, 6.45) is 0.0156. The number of halogens is 5. The average Bonchev–Trinajstić information content (AvgIpc) is 3.53. The van der Waals surface area contributed by atoms with Crippen LogP contribution < -0.4 is 24.8 Å². The molecule has 0 spiro atoms. The second-order valence-corrected chi connectivity index (χ2v) is 19.3. The Kier molecular flexibility index (Phi) is 11.5. The van der Waals surface area contributed by atoms with Crippen molar-refractivity contribution in [3.63, 3.8) is 0 Å². The molecule has 0 aliphatic heterocycles. The third-order valence-electron chi connectivity index (χ3n) is 9.93. The molecule has 2 unspecified atom stereocenters.